The summed E-state index contributed by atoms with van der Waals surface area (Å²) >= 11 is 0. The first kappa shape index (κ1) is 15.3. The van der Waals surface area contributed by atoms with Crippen LogP contribution in [0.1, 0.15) is 25.0 Å². The second kappa shape index (κ2) is 7.65. The van der Waals surface area contributed by atoms with E-state index in [0.717, 1.165) is 23.3 Å². The molecule has 0 heterocycles. The van der Waals surface area contributed by atoms with Crippen molar-refractivity contribution in [3.8, 4) is 5.75 Å². The number of benzene rings is 2. The summed E-state index contributed by atoms with van der Waals surface area (Å²) in [6.45, 7) is 8.47. The second-order valence-electron chi connectivity index (χ2n) is 5.10. The number of hydrogen-bond acceptors (Lipinski definition) is 2. The Hall–Kier alpha value is -2.06. The van der Waals surface area contributed by atoms with E-state index < -0.39 is 0 Å². The van der Waals surface area contributed by atoms with Gasteiger partial charge in [-0.05, 0) is 43.5 Å². The van der Waals surface area contributed by atoms with E-state index in [9.17, 15) is 0 Å². The molecule has 2 aromatic carbocycles. The highest BCUT2D eigenvalue weighted by Gasteiger charge is 2.04. The molecule has 0 aliphatic carbocycles. The smallest absolute Gasteiger partial charge is 0.196 e. The van der Waals surface area contributed by atoms with Gasteiger partial charge < -0.3 is 9.47 Å². The summed E-state index contributed by atoms with van der Waals surface area (Å²) in [6.07, 6.45) is 0.632. The highest BCUT2D eigenvalue weighted by atomic mass is 16.7. The van der Waals surface area contributed by atoms with Gasteiger partial charge in [-0.15, -0.1) is 0 Å². The summed E-state index contributed by atoms with van der Waals surface area (Å²) in [6, 6.07) is 18.2. The van der Waals surface area contributed by atoms with Crippen molar-refractivity contribution in [1.82, 2.24) is 0 Å². The Labute approximate surface area is 127 Å². The molecule has 0 saturated heterocycles. The number of rotatable bonds is 7. The van der Waals surface area contributed by atoms with Crippen LogP contribution in [0.2, 0.25) is 0 Å². The minimum atomic E-state index is -0.260. The monoisotopic (exact) mass is 282 g/mol. The Morgan fingerprint density at radius 2 is 1.71 bits per heavy atom. The summed E-state index contributed by atoms with van der Waals surface area (Å²) < 4.78 is 11.4. The minimum absolute atomic E-state index is 0.260. The Morgan fingerprint density at radius 1 is 1.05 bits per heavy atom. The Balaban J connectivity index is 1.76. The molecule has 2 heteroatoms. The first-order valence-electron chi connectivity index (χ1n) is 7.23. The van der Waals surface area contributed by atoms with E-state index in [2.05, 4.69) is 18.7 Å². The fourth-order valence-corrected chi connectivity index (χ4v) is 2.03. The largest absolute Gasteiger partial charge is 0.465 e. The second-order valence-corrected chi connectivity index (χ2v) is 5.10. The number of allylic oxidation sites excluding steroid dienone is 1. The van der Waals surface area contributed by atoms with E-state index >= 15 is 0 Å². The molecule has 0 saturated carbocycles. The van der Waals surface area contributed by atoms with Crippen LogP contribution in [0.4, 0.5) is 0 Å². The molecule has 0 fully saturated rings. The normalized spacial score (nSPS) is 11.9. The molecule has 0 radical (unpaired) electrons. The summed E-state index contributed by atoms with van der Waals surface area (Å²) in [5, 5.41) is 0. The van der Waals surface area contributed by atoms with Crippen molar-refractivity contribution in [3.63, 3.8) is 0 Å². The van der Waals surface area contributed by atoms with Crippen LogP contribution in [0, 0.1) is 0 Å². The predicted molar refractivity (Wildman–Crippen MR) is 87.3 cm³/mol. The van der Waals surface area contributed by atoms with Crippen molar-refractivity contribution in [2.75, 3.05) is 6.61 Å². The lowest BCUT2D eigenvalue weighted by Gasteiger charge is -2.15. The molecule has 0 bridgehead atoms. The lowest BCUT2D eigenvalue weighted by atomic mass is 10.1. The van der Waals surface area contributed by atoms with Gasteiger partial charge in [0.05, 0.1) is 6.61 Å². The molecule has 0 aliphatic rings. The average Bonchev–Trinajstić information content (AvgIpc) is 2.49. The molecule has 2 aromatic rings. The van der Waals surface area contributed by atoms with Crippen molar-refractivity contribution in [2.45, 2.75) is 26.6 Å². The molecule has 0 aromatic heterocycles. The summed E-state index contributed by atoms with van der Waals surface area (Å²) in [5.74, 6) is 0.812. The zero-order valence-corrected chi connectivity index (χ0v) is 12.7. The zero-order chi connectivity index (χ0) is 15.1. The van der Waals surface area contributed by atoms with Crippen LogP contribution in [0.25, 0.3) is 5.57 Å². The molecular weight excluding hydrogens is 260 g/mol. The maximum atomic E-state index is 5.74. The molecule has 1 atom stereocenters. The molecular formula is C19H22O2. The Bertz CT molecular complexity index is 558. The topological polar surface area (TPSA) is 18.5 Å². The van der Waals surface area contributed by atoms with Crippen LogP contribution in [0.5, 0.6) is 5.75 Å². The van der Waals surface area contributed by atoms with Crippen molar-refractivity contribution < 1.29 is 9.47 Å². The number of ether oxygens (including phenoxy) is 2. The third-order valence-electron chi connectivity index (χ3n) is 3.24. The van der Waals surface area contributed by atoms with Gasteiger partial charge in [-0.1, -0.05) is 54.6 Å². The molecule has 0 N–H and O–H groups in total. The predicted octanol–water partition coefficient (Wildman–Crippen LogP) is 4.70. The van der Waals surface area contributed by atoms with Crippen molar-refractivity contribution in [1.29, 1.82) is 0 Å². The van der Waals surface area contributed by atoms with Crippen LogP contribution < -0.4 is 4.74 Å². The SMILES string of the molecule is C=C(C)c1ccc(OC(C)OCCc2ccccc2)cc1. The third kappa shape index (κ3) is 5.09. The summed E-state index contributed by atoms with van der Waals surface area (Å²) in [4.78, 5) is 0. The summed E-state index contributed by atoms with van der Waals surface area (Å²) in [7, 11) is 0. The zero-order valence-electron chi connectivity index (χ0n) is 12.7. The van der Waals surface area contributed by atoms with Crippen molar-refractivity contribution >= 4 is 5.57 Å². The van der Waals surface area contributed by atoms with Crippen LogP contribution in [-0.2, 0) is 11.2 Å². The highest BCUT2D eigenvalue weighted by Crippen LogP contribution is 2.18. The average molecular weight is 282 g/mol. The lowest BCUT2D eigenvalue weighted by molar-refractivity contribution is -0.0654. The molecule has 21 heavy (non-hydrogen) atoms. The van der Waals surface area contributed by atoms with E-state index in [1.54, 1.807) is 0 Å². The molecule has 1 unspecified atom stereocenters. The van der Waals surface area contributed by atoms with Crippen LogP contribution >= 0.6 is 0 Å². The number of hydrogen-bond donors (Lipinski definition) is 0. The molecule has 0 amide bonds. The molecule has 2 nitrogen and oxygen atoms in total. The van der Waals surface area contributed by atoms with E-state index in [1.165, 1.54) is 5.56 Å². The Kier molecular flexibility index (Phi) is 5.59. The van der Waals surface area contributed by atoms with Gasteiger partial charge in [0.15, 0.2) is 6.29 Å². The van der Waals surface area contributed by atoms with E-state index in [0.29, 0.717) is 6.61 Å². The van der Waals surface area contributed by atoms with Crippen LogP contribution in [-0.4, -0.2) is 12.9 Å². The molecule has 0 spiro atoms. The molecule has 2 rings (SSSR count). The van der Waals surface area contributed by atoms with Gasteiger partial charge in [0, 0.05) is 0 Å². The van der Waals surface area contributed by atoms with E-state index in [1.807, 2.05) is 56.3 Å². The minimum Gasteiger partial charge on any atom is -0.465 e. The third-order valence-corrected chi connectivity index (χ3v) is 3.24. The molecule has 110 valence electrons. The van der Waals surface area contributed by atoms with Crippen molar-refractivity contribution in [2.24, 2.45) is 0 Å². The fourth-order valence-electron chi connectivity index (χ4n) is 2.03. The van der Waals surface area contributed by atoms with Gasteiger partial charge in [-0.2, -0.15) is 0 Å². The standard InChI is InChI=1S/C19H22O2/c1-15(2)18-9-11-19(12-10-18)21-16(3)20-14-13-17-7-5-4-6-8-17/h4-12,16H,1,13-14H2,2-3H3. The van der Waals surface area contributed by atoms with Crippen molar-refractivity contribution in [3.05, 3.63) is 72.3 Å². The fraction of sp³-hybridized carbons (Fsp3) is 0.263. The highest BCUT2D eigenvalue weighted by molar-refractivity contribution is 5.61. The van der Waals surface area contributed by atoms with Gasteiger partial charge in [-0.3, -0.25) is 0 Å². The summed E-state index contributed by atoms with van der Waals surface area (Å²) in [5.41, 5.74) is 3.45. The van der Waals surface area contributed by atoms with Gasteiger partial charge in [0.2, 0.25) is 0 Å². The first-order valence-corrected chi connectivity index (χ1v) is 7.23. The molecule has 0 aliphatic heterocycles. The quantitative estimate of drug-likeness (QED) is 0.685. The maximum absolute atomic E-state index is 5.74. The van der Waals surface area contributed by atoms with E-state index in [-0.39, 0.29) is 6.29 Å². The van der Waals surface area contributed by atoms with E-state index in [4.69, 9.17) is 9.47 Å². The van der Waals surface area contributed by atoms with Crippen LogP contribution in [0.15, 0.2) is 61.2 Å². The maximum Gasteiger partial charge on any atom is 0.196 e. The lowest BCUT2D eigenvalue weighted by Crippen LogP contribution is -2.17. The van der Waals surface area contributed by atoms with Gasteiger partial charge in [-0.25, -0.2) is 0 Å². The van der Waals surface area contributed by atoms with Gasteiger partial charge >= 0.3 is 0 Å². The first-order chi connectivity index (χ1) is 10.1. The van der Waals surface area contributed by atoms with Gasteiger partial charge in [0.1, 0.15) is 5.75 Å². The Morgan fingerprint density at radius 3 is 2.33 bits per heavy atom. The van der Waals surface area contributed by atoms with Crippen LogP contribution in [0.3, 0.4) is 0 Å². The van der Waals surface area contributed by atoms with Gasteiger partial charge in [0.25, 0.3) is 0 Å².